The van der Waals surface area contributed by atoms with Crippen LogP contribution in [-0.4, -0.2) is 56.0 Å². The van der Waals surface area contributed by atoms with Crippen molar-refractivity contribution in [3.8, 4) is 0 Å². The number of nitrogens with zero attached hydrogens (tertiary/aromatic N) is 2. The van der Waals surface area contributed by atoms with Gasteiger partial charge in [0.1, 0.15) is 9.81 Å². The van der Waals surface area contributed by atoms with E-state index >= 15 is 0 Å². The Balaban J connectivity index is 1.92. The van der Waals surface area contributed by atoms with E-state index in [0.717, 1.165) is 6.42 Å². The predicted molar refractivity (Wildman–Crippen MR) is 90.0 cm³/mol. The molecule has 1 aromatic rings. The second-order valence-electron chi connectivity index (χ2n) is 6.80. The molecular formula is C15H24N2O4S2. The highest BCUT2D eigenvalue weighted by molar-refractivity contribution is 7.91. The molecule has 1 amide bonds. The Hall–Kier alpha value is -1.12. The second kappa shape index (κ2) is 6.78. The molecule has 1 aliphatic rings. The molecule has 0 bridgehead atoms. The van der Waals surface area contributed by atoms with Crippen molar-refractivity contribution in [1.82, 2.24) is 9.21 Å². The summed E-state index contributed by atoms with van der Waals surface area (Å²) in [5, 5.41) is 1.75. The van der Waals surface area contributed by atoms with Gasteiger partial charge in [-0.25, -0.2) is 13.2 Å². The second-order valence-corrected chi connectivity index (χ2v) is 10.0. The minimum Gasteiger partial charge on any atom is -0.444 e. The average molecular weight is 361 g/mol. The summed E-state index contributed by atoms with van der Waals surface area (Å²) in [7, 11) is -1.84. The number of thiophene rings is 1. The molecule has 1 aliphatic heterocycles. The Kier molecular flexibility index (Phi) is 5.37. The number of amides is 1. The van der Waals surface area contributed by atoms with Gasteiger partial charge in [0, 0.05) is 26.7 Å². The third kappa shape index (κ3) is 4.68. The first-order valence-electron chi connectivity index (χ1n) is 7.57. The quantitative estimate of drug-likeness (QED) is 0.828. The van der Waals surface area contributed by atoms with Crippen LogP contribution in [0.15, 0.2) is 21.7 Å². The summed E-state index contributed by atoms with van der Waals surface area (Å²) in [4.78, 5) is 13.7. The van der Waals surface area contributed by atoms with Gasteiger partial charge in [0.15, 0.2) is 0 Å². The van der Waals surface area contributed by atoms with Gasteiger partial charge in [0.2, 0.25) is 0 Å². The van der Waals surface area contributed by atoms with Crippen LogP contribution in [0.25, 0.3) is 0 Å². The molecule has 2 heterocycles. The first-order valence-corrected chi connectivity index (χ1v) is 9.89. The Morgan fingerprint density at radius 1 is 1.48 bits per heavy atom. The van der Waals surface area contributed by atoms with E-state index in [2.05, 4.69) is 0 Å². The molecule has 0 saturated carbocycles. The zero-order valence-electron chi connectivity index (χ0n) is 14.0. The molecule has 1 unspecified atom stereocenters. The molecule has 1 fully saturated rings. The fraction of sp³-hybridized carbons (Fsp3) is 0.667. The monoisotopic (exact) mass is 360 g/mol. The maximum Gasteiger partial charge on any atom is 0.410 e. The van der Waals surface area contributed by atoms with E-state index in [9.17, 15) is 13.2 Å². The first kappa shape index (κ1) is 18.2. The SMILES string of the molecule is CN(CC1CCN(C(=O)OC(C)(C)C)C1)S(=O)(=O)c1cccs1. The lowest BCUT2D eigenvalue weighted by Crippen LogP contribution is -2.37. The Morgan fingerprint density at radius 3 is 2.74 bits per heavy atom. The van der Waals surface area contributed by atoms with E-state index in [4.69, 9.17) is 4.74 Å². The minimum atomic E-state index is -3.43. The summed E-state index contributed by atoms with van der Waals surface area (Å²) >= 11 is 1.21. The molecule has 0 spiro atoms. The van der Waals surface area contributed by atoms with Crippen molar-refractivity contribution >= 4 is 27.5 Å². The molecule has 0 aliphatic carbocycles. The standard InChI is InChI=1S/C15H24N2O4S2/c1-15(2,3)21-14(18)17-8-7-12(11-17)10-16(4)23(19,20)13-6-5-9-22-13/h5-6,9,12H,7-8,10-11H2,1-4H3. The van der Waals surface area contributed by atoms with Crippen molar-refractivity contribution in [3.63, 3.8) is 0 Å². The van der Waals surface area contributed by atoms with E-state index in [1.807, 2.05) is 20.8 Å². The Labute approximate surface area is 142 Å². The molecule has 1 saturated heterocycles. The summed E-state index contributed by atoms with van der Waals surface area (Å²) in [6, 6.07) is 3.34. The van der Waals surface area contributed by atoms with Crippen LogP contribution in [0, 0.1) is 5.92 Å². The van der Waals surface area contributed by atoms with Crippen molar-refractivity contribution in [3.05, 3.63) is 17.5 Å². The van der Waals surface area contributed by atoms with Crippen molar-refractivity contribution in [2.24, 2.45) is 5.92 Å². The van der Waals surface area contributed by atoms with Gasteiger partial charge < -0.3 is 9.64 Å². The number of carbonyl (C=O) groups excluding carboxylic acids is 1. The molecule has 1 aromatic heterocycles. The average Bonchev–Trinajstić information content (AvgIpc) is 3.07. The zero-order chi connectivity index (χ0) is 17.3. The number of hydrogen-bond donors (Lipinski definition) is 0. The minimum absolute atomic E-state index is 0.127. The fourth-order valence-electron chi connectivity index (χ4n) is 2.50. The van der Waals surface area contributed by atoms with Crippen LogP contribution in [0.3, 0.4) is 0 Å². The summed E-state index contributed by atoms with van der Waals surface area (Å²) in [6.45, 7) is 7.03. The van der Waals surface area contributed by atoms with Crippen molar-refractivity contribution in [1.29, 1.82) is 0 Å². The zero-order valence-corrected chi connectivity index (χ0v) is 15.6. The molecule has 0 aromatic carbocycles. The Bertz CT molecular complexity index is 635. The number of rotatable bonds is 4. The molecule has 1 atom stereocenters. The van der Waals surface area contributed by atoms with Crippen LogP contribution in [-0.2, 0) is 14.8 Å². The number of sulfonamides is 1. The van der Waals surface area contributed by atoms with E-state index < -0.39 is 15.6 Å². The van der Waals surface area contributed by atoms with Gasteiger partial charge in [-0.3, -0.25) is 0 Å². The summed E-state index contributed by atoms with van der Waals surface area (Å²) in [6.07, 6.45) is 0.451. The normalized spacial score (nSPS) is 19.3. The summed E-state index contributed by atoms with van der Waals surface area (Å²) < 4.78 is 31.9. The van der Waals surface area contributed by atoms with Gasteiger partial charge in [-0.15, -0.1) is 11.3 Å². The third-order valence-electron chi connectivity index (χ3n) is 3.61. The molecule has 0 radical (unpaired) electrons. The van der Waals surface area contributed by atoms with Crippen molar-refractivity contribution in [2.45, 2.75) is 37.0 Å². The molecular weight excluding hydrogens is 336 g/mol. The van der Waals surface area contributed by atoms with Crippen molar-refractivity contribution < 1.29 is 17.9 Å². The molecule has 0 N–H and O–H groups in total. The van der Waals surface area contributed by atoms with E-state index in [0.29, 0.717) is 23.8 Å². The number of hydrogen-bond acceptors (Lipinski definition) is 5. The van der Waals surface area contributed by atoms with E-state index in [-0.39, 0.29) is 12.0 Å². The van der Waals surface area contributed by atoms with Crippen LogP contribution in [0.2, 0.25) is 0 Å². The lowest BCUT2D eigenvalue weighted by atomic mass is 10.1. The van der Waals surface area contributed by atoms with Crippen LogP contribution < -0.4 is 0 Å². The van der Waals surface area contributed by atoms with Crippen LogP contribution in [0.5, 0.6) is 0 Å². The molecule has 2 rings (SSSR count). The first-order chi connectivity index (χ1) is 10.6. The molecule has 6 nitrogen and oxygen atoms in total. The molecule has 130 valence electrons. The highest BCUT2D eigenvalue weighted by Gasteiger charge is 2.32. The van der Waals surface area contributed by atoms with Crippen molar-refractivity contribution in [2.75, 3.05) is 26.7 Å². The Morgan fingerprint density at radius 2 is 2.17 bits per heavy atom. The fourth-order valence-corrected chi connectivity index (χ4v) is 4.95. The summed E-state index contributed by atoms with van der Waals surface area (Å²) in [5.74, 6) is 0.127. The van der Waals surface area contributed by atoms with Gasteiger partial charge in [-0.2, -0.15) is 4.31 Å². The molecule has 23 heavy (non-hydrogen) atoms. The topological polar surface area (TPSA) is 66.9 Å². The lowest BCUT2D eigenvalue weighted by molar-refractivity contribution is 0.0287. The maximum absolute atomic E-state index is 12.4. The number of carbonyl (C=O) groups is 1. The van der Waals surface area contributed by atoms with Gasteiger partial charge in [0.05, 0.1) is 0 Å². The number of likely N-dealkylation sites (tertiary alicyclic amines) is 1. The van der Waals surface area contributed by atoms with Gasteiger partial charge in [-0.1, -0.05) is 6.07 Å². The van der Waals surface area contributed by atoms with Crippen LogP contribution in [0.1, 0.15) is 27.2 Å². The van der Waals surface area contributed by atoms with Gasteiger partial charge in [-0.05, 0) is 44.6 Å². The van der Waals surface area contributed by atoms with E-state index in [1.54, 1.807) is 29.5 Å². The third-order valence-corrected chi connectivity index (χ3v) is 6.81. The smallest absolute Gasteiger partial charge is 0.410 e. The van der Waals surface area contributed by atoms with Gasteiger partial charge >= 0.3 is 6.09 Å². The maximum atomic E-state index is 12.4. The highest BCUT2D eigenvalue weighted by atomic mass is 32.2. The lowest BCUT2D eigenvalue weighted by Gasteiger charge is -2.25. The van der Waals surface area contributed by atoms with Crippen LogP contribution >= 0.6 is 11.3 Å². The van der Waals surface area contributed by atoms with E-state index in [1.165, 1.54) is 15.6 Å². The molecule has 8 heteroatoms. The predicted octanol–water partition coefficient (Wildman–Crippen LogP) is 2.63. The summed E-state index contributed by atoms with van der Waals surface area (Å²) in [5.41, 5.74) is -0.519. The van der Waals surface area contributed by atoms with Crippen LogP contribution in [0.4, 0.5) is 4.79 Å². The largest absolute Gasteiger partial charge is 0.444 e. The van der Waals surface area contributed by atoms with Gasteiger partial charge in [0.25, 0.3) is 10.0 Å². The highest BCUT2D eigenvalue weighted by Crippen LogP contribution is 2.24. The number of ether oxygens (including phenoxy) is 1.